The van der Waals surface area contributed by atoms with Crippen LogP contribution in [0, 0.1) is 0 Å². The summed E-state index contributed by atoms with van der Waals surface area (Å²) in [4.78, 5) is 15.6. The van der Waals surface area contributed by atoms with Gasteiger partial charge >= 0.3 is 0 Å². The molecule has 4 rings (SSSR count). The molecule has 0 aliphatic carbocycles. The number of rotatable bonds is 6. The van der Waals surface area contributed by atoms with Gasteiger partial charge in [0, 0.05) is 24.3 Å². The molecule has 29 heavy (non-hydrogen) atoms. The van der Waals surface area contributed by atoms with Gasteiger partial charge in [0.25, 0.3) is 0 Å². The summed E-state index contributed by atoms with van der Waals surface area (Å²) in [5.41, 5.74) is 4.38. The monoisotopic (exact) mass is 427 g/mol. The van der Waals surface area contributed by atoms with E-state index >= 15 is 0 Å². The van der Waals surface area contributed by atoms with E-state index in [-0.39, 0.29) is 0 Å². The number of para-hydroxylation sites is 1. The molecular weight excluding hydrogens is 409 g/mol. The van der Waals surface area contributed by atoms with Crippen LogP contribution < -0.4 is 15.6 Å². The highest BCUT2D eigenvalue weighted by Gasteiger charge is 2.17. The Morgan fingerprint density at radius 1 is 0.862 bits per heavy atom. The minimum atomic E-state index is 0.333. The highest BCUT2D eigenvalue weighted by Crippen LogP contribution is 2.23. The molecule has 3 aromatic rings. The molecular formula is C20H19Cl2N7. The highest BCUT2D eigenvalue weighted by atomic mass is 35.5. The van der Waals surface area contributed by atoms with Crippen molar-refractivity contribution in [2.45, 2.75) is 12.8 Å². The number of anilines is 4. The summed E-state index contributed by atoms with van der Waals surface area (Å²) in [6, 6.07) is 15.0. The standard InChI is InChI=1S/C20H19Cl2N7/c21-16-9-6-10-17(22)15(16)13-23-28-19-25-18(24-14-7-2-1-3-8-14)26-20(27-19)29-11-4-5-12-29/h1-3,6-10,13H,4-5,11-12H2,(H2,24,25,26,27,28). The number of hydrogen-bond acceptors (Lipinski definition) is 7. The molecule has 7 nitrogen and oxygen atoms in total. The second-order valence-corrected chi connectivity index (χ2v) is 7.29. The Kier molecular flexibility index (Phi) is 6.07. The highest BCUT2D eigenvalue weighted by molar-refractivity contribution is 6.38. The van der Waals surface area contributed by atoms with Crippen molar-refractivity contribution < 1.29 is 0 Å². The molecule has 0 radical (unpaired) electrons. The maximum Gasteiger partial charge on any atom is 0.250 e. The average Bonchev–Trinajstić information content (AvgIpc) is 3.26. The summed E-state index contributed by atoms with van der Waals surface area (Å²) in [6.45, 7) is 1.85. The van der Waals surface area contributed by atoms with Crippen molar-refractivity contribution in [2.75, 3.05) is 28.7 Å². The lowest BCUT2D eigenvalue weighted by Crippen LogP contribution is -2.21. The van der Waals surface area contributed by atoms with Crippen LogP contribution in [-0.2, 0) is 0 Å². The van der Waals surface area contributed by atoms with Gasteiger partial charge in [-0.1, -0.05) is 47.5 Å². The van der Waals surface area contributed by atoms with E-state index < -0.39 is 0 Å². The van der Waals surface area contributed by atoms with E-state index in [0.29, 0.717) is 33.5 Å². The fourth-order valence-corrected chi connectivity index (χ4v) is 3.46. The lowest BCUT2D eigenvalue weighted by molar-refractivity contribution is 0.883. The van der Waals surface area contributed by atoms with Gasteiger partial charge in [0.2, 0.25) is 17.8 Å². The molecule has 2 aromatic carbocycles. The van der Waals surface area contributed by atoms with Crippen LogP contribution in [0.5, 0.6) is 0 Å². The zero-order valence-corrected chi connectivity index (χ0v) is 17.0. The van der Waals surface area contributed by atoms with Crippen LogP contribution in [0.15, 0.2) is 53.6 Å². The topological polar surface area (TPSA) is 78.3 Å². The van der Waals surface area contributed by atoms with E-state index in [0.717, 1.165) is 31.6 Å². The van der Waals surface area contributed by atoms with Crippen LogP contribution in [0.4, 0.5) is 23.5 Å². The number of nitrogens with one attached hydrogen (secondary N) is 2. The fraction of sp³-hybridized carbons (Fsp3) is 0.200. The molecule has 1 saturated heterocycles. The fourth-order valence-electron chi connectivity index (χ4n) is 2.97. The van der Waals surface area contributed by atoms with Gasteiger partial charge in [-0.15, -0.1) is 0 Å². The summed E-state index contributed by atoms with van der Waals surface area (Å²) in [5.74, 6) is 1.39. The molecule has 148 valence electrons. The minimum absolute atomic E-state index is 0.333. The maximum absolute atomic E-state index is 6.18. The third-order valence-electron chi connectivity index (χ3n) is 4.40. The van der Waals surface area contributed by atoms with Gasteiger partial charge < -0.3 is 10.2 Å². The Hall–Kier alpha value is -2.90. The van der Waals surface area contributed by atoms with Crippen LogP contribution >= 0.6 is 23.2 Å². The Labute approximate surface area is 178 Å². The lowest BCUT2D eigenvalue weighted by atomic mass is 10.2. The zero-order valence-electron chi connectivity index (χ0n) is 15.5. The van der Waals surface area contributed by atoms with Crippen LogP contribution in [-0.4, -0.2) is 34.3 Å². The van der Waals surface area contributed by atoms with Crippen molar-refractivity contribution in [3.63, 3.8) is 0 Å². The minimum Gasteiger partial charge on any atom is -0.341 e. The largest absolute Gasteiger partial charge is 0.341 e. The lowest BCUT2D eigenvalue weighted by Gasteiger charge is -2.16. The average molecular weight is 428 g/mol. The first kappa shape index (κ1) is 19.4. The zero-order chi connectivity index (χ0) is 20.1. The number of hydrogen-bond donors (Lipinski definition) is 2. The van der Waals surface area contributed by atoms with E-state index in [2.05, 4.69) is 35.7 Å². The van der Waals surface area contributed by atoms with Gasteiger partial charge in [0.05, 0.1) is 16.3 Å². The Balaban J connectivity index is 1.58. The molecule has 1 fully saturated rings. The SMILES string of the molecule is Clc1cccc(Cl)c1C=NNc1nc(Nc2ccccc2)nc(N2CCCC2)n1. The summed E-state index contributed by atoms with van der Waals surface area (Å²) >= 11 is 12.4. The molecule has 0 unspecified atom stereocenters. The molecule has 2 N–H and O–H groups in total. The summed E-state index contributed by atoms with van der Waals surface area (Å²) in [6.07, 6.45) is 3.80. The number of nitrogens with zero attached hydrogens (tertiary/aromatic N) is 5. The molecule has 0 saturated carbocycles. The number of halogens is 2. The number of benzene rings is 2. The van der Waals surface area contributed by atoms with Crippen molar-refractivity contribution in [2.24, 2.45) is 5.10 Å². The van der Waals surface area contributed by atoms with Crippen molar-refractivity contribution in [3.05, 3.63) is 64.1 Å². The quantitative estimate of drug-likeness (QED) is 0.427. The van der Waals surface area contributed by atoms with Gasteiger partial charge in [-0.05, 0) is 37.1 Å². The van der Waals surface area contributed by atoms with Crippen LogP contribution in [0.3, 0.4) is 0 Å². The van der Waals surface area contributed by atoms with E-state index in [9.17, 15) is 0 Å². The summed E-state index contributed by atoms with van der Waals surface area (Å²) in [7, 11) is 0. The first-order chi connectivity index (χ1) is 14.2. The van der Waals surface area contributed by atoms with E-state index in [1.165, 1.54) is 0 Å². The first-order valence-electron chi connectivity index (χ1n) is 9.25. The molecule has 9 heteroatoms. The molecule has 0 spiro atoms. The van der Waals surface area contributed by atoms with Gasteiger partial charge in [0.15, 0.2) is 0 Å². The third kappa shape index (κ3) is 4.93. The smallest absolute Gasteiger partial charge is 0.250 e. The number of aromatic nitrogens is 3. The molecule has 0 atom stereocenters. The van der Waals surface area contributed by atoms with Crippen molar-refractivity contribution in [1.29, 1.82) is 0 Å². The molecule has 0 amide bonds. The van der Waals surface area contributed by atoms with Gasteiger partial charge in [-0.3, -0.25) is 0 Å². The Bertz CT molecular complexity index is 985. The maximum atomic E-state index is 6.18. The summed E-state index contributed by atoms with van der Waals surface area (Å²) < 4.78 is 0. The molecule has 2 heterocycles. The van der Waals surface area contributed by atoms with Crippen LogP contribution in [0.2, 0.25) is 10.0 Å². The predicted octanol–water partition coefficient (Wildman–Crippen LogP) is 4.97. The van der Waals surface area contributed by atoms with E-state index in [1.807, 2.05) is 30.3 Å². The Morgan fingerprint density at radius 3 is 2.28 bits per heavy atom. The van der Waals surface area contributed by atoms with Crippen molar-refractivity contribution in [3.8, 4) is 0 Å². The normalized spacial score (nSPS) is 13.8. The molecule has 1 aliphatic heterocycles. The predicted molar refractivity (Wildman–Crippen MR) is 119 cm³/mol. The van der Waals surface area contributed by atoms with Crippen LogP contribution in [0.1, 0.15) is 18.4 Å². The number of hydrazone groups is 1. The first-order valence-corrected chi connectivity index (χ1v) is 10.0. The second kappa shape index (κ2) is 9.07. The van der Waals surface area contributed by atoms with E-state index in [1.54, 1.807) is 24.4 Å². The van der Waals surface area contributed by atoms with E-state index in [4.69, 9.17) is 23.2 Å². The van der Waals surface area contributed by atoms with Gasteiger partial charge in [-0.2, -0.15) is 20.1 Å². The van der Waals surface area contributed by atoms with Crippen molar-refractivity contribution >= 4 is 52.9 Å². The summed E-state index contributed by atoms with van der Waals surface area (Å²) in [5, 5.41) is 8.45. The second-order valence-electron chi connectivity index (χ2n) is 6.47. The van der Waals surface area contributed by atoms with Crippen LogP contribution in [0.25, 0.3) is 0 Å². The van der Waals surface area contributed by atoms with Gasteiger partial charge in [0.1, 0.15) is 0 Å². The van der Waals surface area contributed by atoms with Crippen molar-refractivity contribution in [1.82, 2.24) is 15.0 Å². The molecule has 1 aromatic heterocycles. The molecule has 0 bridgehead atoms. The Morgan fingerprint density at radius 2 is 1.55 bits per heavy atom. The third-order valence-corrected chi connectivity index (χ3v) is 5.06. The van der Waals surface area contributed by atoms with Gasteiger partial charge in [-0.25, -0.2) is 5.43 Å². The molecule has 1 aliphatic rings.